The van der Waals surface area contributed by atoms with E-state index in [4.69, 9.17) is 4.74 Å². The maximum absolute atomic E-state index is 6.33. The van der Waals surface area contributed by atoms with Crippen LogP contribution in [0.2, 0.25) is 0 Å². The lowest BCUT2D eigenvalue weighted by atomic mass is 10.0. The molecule has 0 saturated carbocycles. The number of hydrogen-bond acceptors (Lipinski definition) is 4. The first-order valence-corrected chi connectivity index (χ1v) is 10.9. The molecule has 0 aromatic heterocycles. The molecule has 0 aliphatic carbocycles. The van der Waals surface area contributed by atoms with Gasteiger partial charge in [-0.3, -0.25) is 9.80 Å². The van der Waals surface area contributed by atoms with E-state index in [2.05, 4.69) is 66.9 Å². The van der Waals surface area contributed by atoms with Crippen LogP contribution in [0.1, 0.15) is 37.5 Å². The lowest BCUT2D eigenvalue weighted by Gasteiger charge is -2.37. The van der Waals surface area contributed by atoms with Gasteiger partial charge in [0.25, 0.3) is 0 Å². The van der Waals surface area contributed by atoms with Gasteiger partial charge in [-0.15, -0.1) is 0 Å². The Morgan fingerprint density at radius 2 is 1.55 bits per heavy atom. The first-order valence-electron chi connectivity index (χ1n) is 10.9. The molecular formula is C25H37N3O. The monoisotopic (exact) mass is 395 g/mol. The minimum absolute atomic E-state index is 0.0726. The zero-order chi connectivity index (χ0) is 20.6. The summed E-state index contributed by atoms with van der Waals surface area (Å²) in [5, 5.41) is 0. The third kappa shape index (κ3) is 6.84. The van der Waals surface area contributed by atoms with Gasteiger partial charge in [0, 0.05) is 51.7 Å². The van der Waals surface area contributed by atoms with Crippen LogP contribution in [-0.4, -0.2) is 67.6 Å². The number of nitrogens with zero attached hydrogens (tertiary/aromatic N) is 3. The van der Waals surface area contributed by atoms with Crippen molar-refractivity contribution in [2.24, 2.45) is 0 Å². The highest BCUT2D eigenvalue weighted by atomic mass is 16.5. The smallest absolute Gasteiger partial charge is 0.125 e. The van der Waals surface area contributed by atoms with E-state index in [0.717, 1.165) is 38.3 Å². The maximum Gasteiger partial charge on any atom is 0.125 e. The third-order valence-electron chi connectivity index (χ3n) is 5.75. The molecule has 1 aliphatic rings. The van der Waals surface area contributed by atoms with Gasteiger partial charge in [0.05, 0.1) is 0 Å². The predicted octanol–water partition coefficient (Wildman–Crippen LogP) is 4.28. The quantitative estimate of drug-likeness (QED) is 0.631. The van der Waals surface area contributed by atoms with Gasteiger partial charge >= 0.3 is 0 Å². The van der Waals surface area contributed by atoms with Crippen molar-refractivity contribution >= 4 is 0 Å². The SMILES string of the molecule is CC(C)N1CCN(Cc2ccc(C(CCN(C)C)Oc3ccccc3)cc2)CC1. The molecule has 1 heterocycles. The summed E-state index contributed by atoms with van der Waals surface area (Å²) in [6.07, 6.45) is 1.04. The Balaban J connectivity index is 1.61. The first kappa shape index (κ1) is 21.8. The van der Waals surface area contributed by atoms with Crippen LogP contribution >= 0.6 is 0 Å². The van der Waals surface area contributed by atoms with Gasteiger partial charge < -0.3 is 9.64 Å². The topological polar surface area (TPSA) is 19.0 Å². The number of rotatable bonds is 9. The normalized spacial score (nSPS) is 17.0. The number of piperazine rings is 1. The summed E-state index contributed by atoms with van der Waals surface area (Å²) in [6.45, 7) is 11.3. The molecule has 1 atom stereocenters. The van der Waals surface area contributed by atoms with E-state index in [1.54, 1.807) is 0 Å². The molecule has 1 saturated heterocycles. The number of ether oxygens (including phenoxy) is 1. The van der Waals surface area contributed by atoms with Gasteiger partial charge in [-0.2, -0.15) is 0 Å². The molecule has 4 nitrogen and oxygen atoms in total. The molecule has 2 aromatic carbocycles. The van der Waals surface area contributed by atoms with Gasteiger partial charge in [0.15, 0.2) is 0 Å². The first-order chi connectivity index (χ1) is 14.0. The Labute approximate surface area is 177 Å². The average molecular weight is 396 g/mol. The molecule has 29 heavy (non-hydrogen) atoms. The number of hydrogen-bond donors (Lipinski definition) is 0. The van der Waals surface area contributed by atoms with Gasteiger partial charge in [0.1, 0.15) is 11.9 Å². The van der Waals surface area contributed by atoms with E-state index in [1.807, 2.05) is 30.3 Å². The molecule has 0 amide bonds. The van der Waals surface area contributed by atoms with Crippen LogP contribution in [-0.2, 0) is 6.54 Å². The van der Waals surface area contributed by atoms with Crippen LogP contribution in [0.4, 0.5) is 0 Å². The van der Waals surface area contributed by atoms with Crippen LogP contribution in [0, 0.1) is 0 Å². The maximum atomic E-state index is 6.33. The van der Waals surface area contributed by atoms with Crippen molar-refractivity contribution in [1.29, 1.82) is 0 Å². The molecular weight excluding hydrogens is 358 g/mol. The van der Waals surface area contributed by atoms with Crippen molar-refractivity contribution in [2.75, 3.05) is 46.8 Å². The summed E-state index contributed by atoms with van der Waals surface area (Å²) in [5.74, 6) is 0.934. The number of benzene rings is 2. The van der Waals surface area contributed by atoms with Crippen molar-refractivity contribution in [3.63, 3.8) is 0 Å². The summed E-state index contributed by atoms with van der Waals surface area (Å²) in [4.78, 5) is 7.35. The van der Waals surface area contributed by atoms with Crippen LogP contribution < -0.4 is 4.74 Å². The molecule has 1 unspecified atom stereocenters. The van der Waals surface area contributed by atoms with Crippen molar-refractivity contribution < 1.29 is 4.74 Å². The molecule has 3 rings (SSSR count). The fourth-order valence-electron chi connectivity index (χ4n) is 3.87. The highest BCUT2D eigenvalue weighted by Gasteiger charge is 2.19. The number of para-hydroxylation sites is 1. The second-order valence-electron chi connectivity index (χ2n) is 8.66. The highest BCUT2D eigenvalue weighted by molar-refractivity contribution is 5.27. The molecule has 4 heteroatoms. The molecule has 0 bridgehead atoms. The van der Waals surface area contributed by atoms with Crippen LogP contribution in [0.25, 0.3) is 0 Å². The predicted molar refractivity (Wildman–Crippen MR) is 121 cm³/mol. The van der Waals surface area contributed by atoms with Crippen molar-refractivity contribution in [1.82, 2.24) is 14.7 Å². The molecule has 158 valence electrons. The summed E-state index contributed by atoms with van der Waals surface area (Å²) in [7, 11) is 4.23. The van der Waals surface area contributed by atoms with Crippen molar-refractivity contribution in [2.45, 2.75) is 39.0 Å². The van der Waals surface area contributed by atoms with Crippen LogP contribution in [0.15, 0.2) is 54.6 Å². The summed E-state index contributed by atoms with van der Waals surface area (Å²) >= 11 is 0. The molecule has 0 spiro atoms. The fraction of sp³-hybridized carbons (Fsp3) is 0.520. The Bertz CT molecular complexity index is 707. The summed E-state index contributed by atoms with van der Waals surface area (Å²) < 4.78 is 6.33. The van der Waals surface area contributed by atoms with Gasteiger partial charge in [0.2, 0.25) is 0 Å². The summed E-state index contributed by atoms with van der Waals surface area (Å²) in [5.41, 5.74) is 2.64. The Morgan fingerprint density at radius 3 is 2.14 bits per heavy atom. The Kier molecular flexibility index (Phi) is 8.10. The van der Waals surface area contributed by atoms with Crippen molar-refractivity contribution in [3.8, 4) is 5.75 Å². The minimum Gasteiger partial charge on any atom is -0.486 e. The third-order valence-corrected chi connectivity index (χ3v) is 5.75. The van der Waals surface area contributed by atoms with Crippen LogP contribution in [0.3, 0.4) is 0 Å². The molecule has 1 fully saturated rings. The van der Waals surface area contributed by atoms with Crippen molar-refractivity contribution in [3.05, 3.63) is 65.7 Å². The largest absolute Gasteiger partial charge is 0.486 e. The van der Waals surface area contributed by atoms with E-state index in [9.17, 15) is 0 Å². The van der Waals surface area contributed by atoms with Gasteiger partial charge in [-0.05, 0) is 51.2 Å². The fourth-order valence-corrected chi connectivity index (χ4v) is 3.87. The second kappa shape index (κ2) is 10.8. The molecule has 2 aromatic rings. The van der Waals surface area contributed by atoms with E-state index >= 15 is 0 Å². The van der Waals surface area contributed by atoms with E-state index in [-0.39, 0.29) is 6.10 Å². The minimum atomic E-state index is 0.0726. The molecule has 0 N–H and O–H groups in total. The van der Waals surface area contributed by atoms with Gasteiger partial charge in [-0.1, -0.05) is 42.5 Å². The van der Waals surface area contributed by atoms with Crippen LogP contribution in [0.5, 0.6) is 5.75 Å². The Hall–Kier alpha value is -1.88. The molecule has 0 radical (unpaired) electrons. The lowest BCUT2D eigenvalue weighted by Crippen LogP contribution is -2.48. The lowest BCUT2D eigenvalue weighted by molar-refractivity contribution is 0.104. The Morgan fingerprint density at radius 1 is 0.897 bits per heavy atom. The molecule has 1 aliphatic heterocycles. The highest BCUT2D eigenvalue weighted by Crippen LogP contribution is 2.25. The zero-order valence-corrected chi connectivity index (χ0v) is 18.6. The van der Waals surface area contributed by atoms with E-state index in [1.165, 1.54) is 24.2 Å². The standard InChI is InChI=1S/C25H37N3O/c1-21(2)28-18-16-27(17-19-28)20-22-10-12-23(13-11-22)25(14-15-26(3)4)29-24-8-6-5-7-9-24/h5-13,21,25H,14-20H2,1-4H3. The average Bonchev–Trinajstić information content (AvgIpc) is 2.73. The van der Waals surface area contributed by atoms with E-state index < -0.39 is 0 Å². The summed E-state index contributed by atoms with van der Waals surface area (Å²) in [6, 6.07) is 19.9. The zero-order valence-electron chi connectivity index (χ0n) is 18.6. The van der Waals surface area contributed by atoms with E-state index in [0.29, 0.717) is 6.04 Å². The second-order valence-corrected chi connectivity index (χ2v) is 8.66. The van der Waals surface area contributed by atoms with Gasteiger partial charge in [-0.25, -0.2) is 0 Å².